The molecule has 2 aliphatic heterocycles. The third-order valence-corrected chi connectivity index (χ3v) is 6.20. The van der Waals surface area contributed by atoms with Crippen LogP contribution in [0.25, 0.3) is 0 Å². The van der Waals surface area contributed by atoms with Crippen molar-refractivity contribution in [3.63, 3.8) is 0 Å². The maximum atomic E-state index is 13.3. The van der Waals surface area contributed by atoms with Gasteiger partial charge in [-0.1, -0.05) is 25.4 Å². The monoisotopic (exact) mass is 427 g/mol. The number of benzene rings is 1. The van der Waals surface area contributed by atoms with Crippen molar-refractivity contribution < 1.29 is 14.1 Å². The number of quaternary nitrogens is 1. The summed E-state index contributed by atoms with van der Waals surface area (Å²) in [7, 11) is 0. The molecule has 154 valence electrons. The number of rotatable bonds is 3. The van der Waals surface area contributed by atoms with Crippen LogP contribution in [0.15, 0.2) is 18.2 Å². The number of nitrogens with one attached hydrogen (secondary N) is 2. The number of anilines is 1. The first-order valence-electron chi connectivity index (χ1n) is 9.94. The predicted octanol–water partition coefficient (Wildman–Crippen LogP) is 1.88. The summed E-state index contributed by atoms with van der Waals surface area (Å²) in [5.74, 6) is 0.993. The predicted molar refractivity (Wildman–Crippen MR) is 114 cm³/mol. The highest BCUT2D eigenvalue weighted by molar-refractivity contribution is 7.80. The molecule has 2 aliphatic rings. The summed E-state index contributed by atoms with van der Waals surface area (Å²) in [5.41, 5.74) is 0.676. The second kappa shape index (κ2) is 9.37. The van der Waals surface area contributed by atoms with Gasteiger partial charge in [0.05, 0.1) is 31.2 Å². The highest BCUT2D eigenvalue weighted by Gasteiger charge is 2.29. The van der Waals surface area contributed by atoms with Crippen LogP contribution in [0.3, 0.4) is 0 Å². The fourth-order valence-corrected chi connectivity index (χ4v) is 4.65. The summed E-state index contributed by atoms with van der Waals surface area (Å²) in [5, 5.41) is 3.79. The zero-order chi connectivity index (χ0) is 20.3. The maximum Gasteiger partial charge on any atom is 0.277 e. The van der Waals surface area contributed by atoms with E-state index in [0.29, 0.717) is 29.2 Å². The van der Waals surface area contributed by atoms with Gasteiger partial charge < -0.3 is 20.0 Å². The van der Waals surface area contributed by atoms with E-state index in [4.69, 9.17) is 23.8 Å². The van der Waals surface area contributed by atoms with Crippen LogP contribution in [0.5, 0.6) is 0 Å². The van der Waals surface area contributed by atoms with Gasteiger partial charge in [-0.3, -0.25) is 4.79 Å². The van der Waals surface area contributed by atoms with Crippen molar-refractivity contribution >= 4 is 40.5 Å². The number of carbonyl (C=O) groups is 1. The fraction of sp³-hybridized carbons (Fsp3) is 0.600. The molecular weight excluding hydrogens is 399 g/mol. The van der Waals surface area contributed by atoms with Crippen LogP contribution in [0.1, 0.15) is 20.3 Å². The molecule has 1 aromatic carbocycles. The van der Waals surface area contributed by atoms with E-state index in [9.17, 15) is 9.18 Å². The Morgan fingerprint density at radius 3 is 2.50 bits per heavy atom. The summed E-state index contributed by atoms with van der Waals surface area (Å²) in [6.07, 6.45) is 1.21. The number of piperazine rings is 1. The van der Waals surface area contributed by atoms with Crippen molar-refractivity contribution in [3.05, 3.63) is 29.0 Å². The number of carbonyl (C=O) groups excluding carboxylic acids is 1. The minimum Gasteiger partial charge on any atom is -0.338 e. The van der Waals surface area contributed by atoms with Crippen molar-refractivity contribution in [1.29, 1.82) is 0 Å². The Hall–Kier alpha value is -1.44. The first-order chi connectivity index (χ1) is 13.3. The zero-order valence-electron chi connectivity index (χ0n) is 16.5. The van der Waals surface area contributed by atoms with E-state index in [-0.39, 0.29) is 10.9 Å². The van der Waals surface area contributed by atoms with Gasteiger partial charge in [-0.25, -0.2) is 4.39 Å². The SMILES string of the molecule is C[C@@H]1C[C@H](C)CN(C(=O)C[NH+]2CCN(C(=S)Nc3ccc(F)c(Cl)c3)CC2)C1. The van der Waals surface area contributed by atoms with Crippen molar-refractivity contribution in [2.24, 2.45) is 11.8 Å². The fourth-order valence-electron chi connectivity index (χ4n) is 4.17. The molecule has 0 radical (unpaired) electrons. The number of hydrogen-bond acceptors (Lipinski definition) is 2. The standard InChI is InChI=1S/C20H28ClFN4OS/c1-14-9-15(2)12-26(11-14)19(27)13-24-5-7-25(8-6-24)20(28)23-16-3-4-18(22)17(21)10-16/h3-4,10,14-15H,5-9,11-13H2,1-2H3,(H,23,28)/p+1/t14-,15+. The molecule has 1 amide bonds. The van der Waals surface area contributed by atoms with Crippen LogP contribution in [0.2, 0.25) is 5.02 Å². The summed E-state index contributed by atoms with van der Waals surface area (Å²) >= 11 is 11.3. The van der Waals surface area contributed by atoms with Crippen molar-refractivity contribution in [1.82, 2.24) is 9.80 Å². The molecule has 1 aromatic rings. The third-order valence-electron chi connectivity index (χ3n) is 5.55. The Bertz CT molecular complexity index is 716. The average Bonchev–Trinajstić information content (AvgIpc) is 2.64. The Kier molecular flexibility index (Phi) is 7.12. The largest absolute Gasteiger partial charge is 0.338 e. The first kappa shape index (κ1) is 21.3. The average molecular weight is 428 g/mol. The lowest BCUT2D eigenvalue weighted by atomic mass is 9.92. The van der Waals surface area contributed by atoms with E-state index in [0.717, 1.165) is 39.3 Å². The molecule has 5 nitrogen and oxygen atoms in total. The molecule has 2 heterocycles. The van der Waals surface area contributed by atoms with E-state index in [1.165, 1.54) is 23.5 Å². The van der Waals surface area contributed by atoms with Gasteiger partial charge in [0.15, 0.2) is 11.7 Å². The quantitative estimate of drug-likeness (QED) is 0.723. The Labute approximate surface area is 176 Å². The van der Waals surface area contributed by atoms with Crippen LogP contribution >= 0.6 is 23.8 Å². The second-order valence-corrected chi connectivity index (χ2v) is 9.01. The number of hydrogen-bond donors (Lipinski definition) is 2. The summed E-state index contributed by atoms with van der Waals surface area (Å²) in [4.78, 5) is 18.1. The van der Waals surface area contributed by atoms with Gasteiger partial charge >= 0.3 is 0 Å². The van der Waals surface area contributed by atoms with Crippen molar-refractivity contribution in [3.8, 4) is 0 Å². The highest BCUT2D eigenvalue weighted by atomic mass is 35.5. The van der Waals surface area contributed by atoms with Crippen LogP contribution in [0.4, 0.5) is 10.1 Å². The number of nitrogens with zero attached hydrogens (tertiary/aromatic N) is 2. The molecule has 2 N–H and O–H groups in total. The molecule has 2 fully saturated rings. The van der Waals surface area contributed by atoms with E-state index in [1.54, 1.807) is 6.07 Å². The molecule has 28 heavy (non-hydrogen) atoms. The summed E-state index contributed by atoms with van der Waals surface area (Å²) < 4.78 is 13.3. The molecular formula is C20H29ClFN4OS+. The minimum absolute atomic E-state index is 0.0712. The number of likely N-dealkylation sites (tertiary alicyclic amines) is 1. The van der Waals surface area contributed by atoms with Gasteiger partial charge in [-0.15, -0.1) is 0 Å². The molecule has 0 spiro atoms. The van der Waals surface area contributed by atoms with E-state index < -0.39 is 5.82 Å². The molecule has 0 unspecified atom stereocenters. The Balaban J connectivity index is 1.45. The lowest BCUT2D eigenvalue weighted by Crippen LogP contribution is -3.15. The number of thiocarbonyl (C=S) groups is 1. The van der Waals surface area contributed by atoms with Crippen LogP contribution in [-0.4, -0.2) is 66.6 Å². The zero-order valence-corrected chi connectivity index (χ0v) is 18.1. The minimum atomic E-state index is -0.447. The van der Waals surface area contributed by atoms with Crippen LogP contribution < -0.4 is 10.2 Å². The number of piperidine rings is 1. The van der Waals surface area contributed by atoms with Crippen LogP contribution in [-0.2, 0) is 4.79 Å². The smallest absolute Gasteiger partial charge is 0.277 e. The Morgan fingerprint density at radius 2 is 1.89 bits per heavy atom. The molecule has 0 aromatic heterocycles. The maximum absolute atomic E-state index is 13.3. The molecule has 2 atom stereocenters. The molecule has 0 aliphatic carbocycles. The van der Waals surface area contributed by atoms with Crippen molar-refractivity contribution in [2.45, 2.75) is 20.3 Å². The normalized spacial score (nSPS) is 23.6. The first-order valence-corrected chi connectivity index (χ1v) is 10.7. The van der Waals surface area contributed by atoms with E-state index in [1.807, 2.05) is 4.90 Å². The molecule has 3 rings (SSSR count). The highest BCUT2D eigenvalue weighted by Crippen LogP contribution is 2.21. The topological polar surface area (TPSA) is 40.0 Å². The van der Waals surface area contributed by atoms with E-state index >= 15 is 0 Å². The van der Waals surface area contributed by atoms with Crippen LogP contribution in [0, 0.1) is 17.7 Å². The summed E-state index contributed by atoms with van der Waals surface area (Å²) in [6, 6.07) is 4.47. The number of amides is 1. The van der Waals surface area contributed by atoms with Crippen molar-refractivity contribution in [2.75, 3.05) is 51.1 Å². The van der Waals surface area contributed by atoms with Gasteiger partial charge in [-0.2, -0.15) is 0 Å². The third kappa shape index (κ3) is 5.55. The molecule has 0 saturated carbocycles. The lowest BCUT2D eigenvalue weighted by molar-refractivity contribution is -0.896. The number of halogens is 2. The molecule has 8 heteroatoms. The van der Waals surface area contributed by atoms with Gasteiger partial charge in [-0.05, 0) is 48.7 Å². The van der Waals surface area contributed by atoms with E-state index in [2.05, 4.69) is 24.1 Å². The Morgan fingerprint density at radius 1 is 1.25 bits per heavy atom. The van der Waals surface area contributed by atoms with Gasteiger partial charge in [0.2, 0.25) is 0 Å². The van der Waals surface area contributed by atoms with Gasteiger partial charge in [0.1, 0.15) is 5.82 Å². The van der Waals surface area contributed by atoms with Gasteiger partial charge in [0.25, 0.3) is 5.91 Å². The second-order valence-electron chi connectivity index (χ2n) is 8.22. The van der Waals surface area contributed by atoms with Gasteiger partial charge in [0, 0.05) is 18.8 Å². The molecule has 2 saturated heterocycles. The molecule has 0 bridgehead atoms. The lowest BCUT2D eigenvalue weighted by Gasteiger charge is -2.37. The summed E-state index contributed by atoms with van der Waals surface area (Å²) in [6.45, 7) is 10.1.